The molecule has 8 heteroatoms. The molecule has 0 saturated heterocycles. The molecule has 0 aliphatic rings. The van der Waals surface area contributed by atoms with Gasteiger partial charge in [-0.25, -0.2) is 12.7 Å². The van der Waals surface area contributed by atoms with E-state index in [-0.39, 0.29) is 19.1 Å². The molecule has 25 heavy (non-hydrogen) atoms. The van der Waals surface area contributed by atoms with Crippen LogP contribution in [0.15, 0.2) is 53.0 Å². The van der Waals surface area contributed by atoms with E-state index in [0.717, 1.165) is 16.3 Å². The standard InChI is InChI=1S/C17H19BrN2O4S/c1-20(25(2,22)23)11-13-7-9-14(10-8-13)24-12-17(21)19-16-6-4-3-5-15(16)18/h3-10H,11-12H2,1-2H3,(H,19,21). The van der Waals surface area contributed by atoms with Crippen molar-refractivity contribution < 1.29 is 17.9 Å². The molecule has 1 N–H and O–H groups in total. The number of sulfonamides is 1. The molecule has 0 bridgehead atoms. The van der Waals surface area contributed by atoms with E-state index < -0.39 is 10.0 Å². The first kappa shape index (κ1) is 19.4. The average molecular weight is 427 g/mol. The third-order valence-electron chi connectivity index (χ3n) is 3.41. The van der Waals surface area contributed by atoms with Crippen LogP contribution in [0.4, 0.5) is 5.69 Å². The number of amides is 1. The third-order valence-corrected chi connectivity index (χ3v) is 5.37. The van der Waals surface area contributed by atoms with Crippen molar-refractivity contribution in [2.45, 2.75) is 6.54 Å². The summed E-state index contributed by atoms with van der Waals surface area (Å²) in [6.45, 7) is 0.158. The Bertz CT molecular complexity index is 838. The van der Waals surface area contributed by atoms with Crippen LogP contribution in [-0.4, -0.2) is 38.5 Å². The first-order valence-electron chi connectivity index (χ1n) is 7.43. The number of nitrogens with one attached hydrogen (secondary N) is 1. The second-order valence-corrected chi connectivity index (χ2v) is 8.42. The van der Waals surface area contributed by atoms with Crippen molar-refractivity contribution in [3.05, 3.63) is 58.6 Å². The molecule has 0 heterocycles. The van der Waals surface area contributed by atoms with Gasteiger partial charge in [0.1, 0.15) is 5.75 Å². The maximum absolute atomic E-state index is 11.9. The number of ether oxygens (including phenoxy) is 1. The van der Waals surface area contributed by atoms with E-state index in [4.69, 9.17) is 4.74 Å². The van der Waals surface area contributed by atoms with Crippen molar-refractivity contribution in [1.29, 1.82) is 0 Å². The Morgan fingerprint density at radius 1 is 1.16 bits per heavy atom. The zero-order valence-electron chi connectivity index (χ0n) is 13.9. The highest BCUT2D eigenvalue weighted by Gasteiger charge is 2.11. The predicted octanol–water partition coefficient (Wildman–Crippen LogP) is 2.86. The molecule has 0 saturated carbocycles. The Kier molecular flexibility index (Phi) is 6.57. The van der Waals surface area contributed by atoms with Crippen LogP contribution in [-0.2, 0) is 21.4 Å². The van der Waals surface area contributed by atoms with Crippen LogP contribution in [0.1, 0.15) is 5.56 Å². The fourth-order valence-electron chi connectivity index (χ4n) is 1.96. The van der Waals surface area contributed by atoms with Crippen LogP contribution < -0.4 is 10.1 Å². The summed E-state index contributed by atoms with van der Waals surface area (Å²) in [5.74, 6) is 0.265. The van der Waals surface area contributed by atoms with Crippen molar-refractivity contribution in [2.75, 3.05) is 25.2 Å². The molecular weight excluding hydrogens is 408 g/mol. The summed E-state index contributed by atoms with van der Waals surface area (Å²) in [5.41, 5.74) is 1.51. The molecule has 0 spiro atoms. The Morgan fingerprint density at radius 2 is 1.80 bits per heavy atom. The van der Waals surface area contributed by atoms with Gasteiger partial charge in [-0.3, -0.25) is 4.79 Å². The highest BCUT2D eigenvalue weighted by atomic mass is 79.9. The minimum absolute atomic E-state index is 0.121. The first-order chi connectivity index (χ1) is 11.8. The van der Waals surface area contributed by atoms with Gasteiger partial charge in [-0.2, -0.15) is 0 Å². The van der Waals surface area contributed by atoms with Gasteiger partial charge in [0.05, 0.1) is 11.9 Å². The van der Waals surface area contributed by atoms with Gasteiger partial charge in [0.2, 0.25) is 10.0 Å². The Labute approximate surface area is 156 Å². The number of hydrogen-bond acceptors (Lipinski definition) is 4. The highest BCUT2D eigenvalue weighted by molar-refractivity contribution is 9.10. The number of benzene rings is 2. The molecular formula is C17H19BrN2O4S. The lowest BCUT2D eigenvalue weighted by Crippen LogP contribution is -2.24. The lowest BCUT2D eigenvalue weighted by Gasteiger charge is -2.14. The zero-order valence-corrected chi connectivity index (χ0v) is 16.3. The minimum Gasteiger partial charge on any atom is -0.484 e. The lowest BCUT2D eigenvalue weighted by molar-refractivity contribution is -0.118. The van der Waals surface area contributed by atoms with Gasteiger partial charge in [-0.1, -0.05) is 24.3 Å². The van der Waals surface area contributed by atoms with Crippen LogP contribution in [0.5, 0.6) is 5.75 Å². The molecule has 2 aromatic rings. The van der Waals surface area contributed by atoms with E-state index in [0.29, 0.717) is 11.4 Å². The first-order valence-corrected chi connectivity index (χ1v) is 10.1. The predicted molar refractivity (Wildman–Crippen MR) is 101 cm³/mol. The molecule has 0 aromatic heterocycles. The fourth-order valence-corrected chi connectivity index (χ4v) is 2.73. The number of anilines is 1. The Morgan fingerprint density at radius 3 is 2.40 bits per heavy atom. The molecule has 0 aliphatic carbocycles. The topological polar surface area (TPSA) is 75.7 Å². The number of halogens is 1. The number of carbonyl (C=O) groups excluding carboxylic acids is 1. The second-order valence-electron chi connectivity index (χ2n) is 5.48. The SMILES string of the molecule is CN(Cc1ccc(OCC(=O)Nc2ccccc2Br)cc1)S(C)(=O)=O. The van der Waals surface area contributed by atoms with Crippen molar-refractivity contribution in [1.82, 2.24) is 4.31 Å². The molecule has 0 unspecified atom stereocenters. The summed E-state index contributed by atoms with van der Waals surface area (Å²) in [7, 11) is -1.70. The minimum atomic E-state index is -3.22. The summed E-state index contributed by atoms with van der Waals surface area (Å²) in [6, 6.07) is 14.3. The summed E-state index contributed by atoms with van der Waals surface area (Å²) < 4.78 is 30.3. The summed E-state index contributed by atoms with van der Waals surface area (Å²) >= 11 is 3.36. The lowest BCUT2D eigenvalue weighted by atomic mass is 10.2. The number of nitrogens with zero attached hydrogens (tertiary/aromatic N) is 1. The smallest absolute Gasteiger partial charge is 0.262 e. The molecule has 6 nitrogen and oxygen atoms in total. The van der Waals surface area contributed by atoms with Crippen LogP contribution in [0, 0.1) is 0 Å². The van der Waals surface area contributed by atoms with E-state index in [1.165, 1.54) is 11.4 Å². The van der Waals surface area contributed by atoms with E-state index >= 15 is 0 Å². The second kappa shape index (κ2) is 8.46. The molecule has 0 aliphatic heterocycles. The zero-order chi connectivity index (χ0) is 18.4. The maximum Gasteiger partial charge on any atom is 0.262 e. The molecule has 0 radical (unpaired) electrons. The van der Waals surface area contributed by atoms with Crippen molar-refractivity contribution in [2.24, 2.45) is 0 Å². The number of carbonyl (C=O) groups is 1. The highest BCUT2D eigenvalue weighted by Crippen LogP contribution is 2.21. The van der Waals surface area contributed by atoms with Crippen molar-refractivity contribution in [3.63, 3.8) is 0 Å². The van der Waals surface area contributed by atoms with Crippen LogP contribution in [0.3, 0.4) is 0 Å². The normalized spacial score (nSPS) is 11.4. The average Bonchev–Trinajstić information content (AvgIpc) is 2.55. The maximum atomic E-state index is 11.9. The van der Waals surface area contributed by atoms with Gasteiger partial charge < -0.3 is 10.1 Å². The van der Waals surface area contributed by atoms with Crippen LogP contribution in [0.2, 0.25) is 0 Å². The van der Waals surface area contributed by atoms with Crippen LogP contribution >= 0.6 is 15.9 Å². The van der Waals surface area contributed by atoms with Gasteiger partial charge >= 0.3 is 0 Å². The molecule has 0 fully saturated rings. The summed E-state index contributed by atoms with van der Waals surface area (Å²) in [5, 5.41) is 2.75. The Hall–Kier alpha value is -1.90. The molecule has 2 aromatic carbocycles. The quantitative estimate of drug-likeness (QED) is 0.738. The van der Waals surface area contributed by atoms with Crippen LogP contribution in [0.25, 0.3) is 0 Å². The number of hydrogen-bond donors (Lipinski definition) is 1. The summed E-state index contributed by atoms with van der Waals surface area (Å²) in [6.07, 6.45) is 1.16. The van der Waals surface area contributed by atoms with E-state index in [9.17, 15) is 13.2 Å². The van der Waals surface area contributed by atoms with Crippen molar-refractivity contribution >= 4 is 37.5 Å². The molecule has 1 amide bonds. The number of rotatable bonds is 7. The fraction of sp³-hybridized carbons (Fsp3) is 0.235. The summed E-state index contributed by atoms with van der Waals surface area (Å²) in [4.78, 5) is 11.9. The van der Waals surface area contributed by atoms with Gasteiger partial charge in [-0.05, 0) is 45.8 Å². The Balaban J connectivity index is 1.87. The van der Waals surface area contributed by atoms with Gasteiger partial charge in [0.15, 0.2) is 6.61 Å². The third kappa shape index (κ3) is 6.15. The molecule has 0 atom stereocenters. The largest absolute Gasteiger partial charge is 0.484 e. The van der Waals surface area contributed by atoms with E-state index in [1.54, 1.807) is 30.3 Å². The monoisotopic (exact) mass is 426 g/mol. The van der Waals surface area contributed by atoms with Gasteiger partial charge in [0, 0.05) is 18.1 Å². The van der Waals surface area contributed by atoms with Gasteiger partial charge in [-0.15, -0.1) is 0 Å². The molecule has 134 valence electrons. The van der Waals surface area contributed by atoms with Gasteiger partial charge in [0.25, 0.3) is 5.91 Å². The van der Waals surface area contributed by atoms with E-state index in [2.05, 4.69) is 21.2 Å². The molecule has 2 rings (SSSR count). The number of para-hydroxylation sites is 1. The van der Waals surface area contributed by atoms with E-state index in [1.807, 2.05) is 18.2 Å². The van der Waals surface area contributed by atoms with Crippen molar-refractivity contribution in [3.8, 4) is 5.75 Å².